The van der Waals surface area contributed by atoms with Crippen molar-refractivity contribution >= 4 is 28.7 Å². The van der Waals surface area contributed by atoms with Crippen LogP contribution in [0.5, 0.6) is 0 Å². The van der Waals surface area contributed by atoms with Crippen LogP contribution in [0, 0.1) is 0 Å². The summed E-state index contributed by atoms with van der Waals surface area (Å²) >= 11 is 0. The van der Waals surface area contributed by atoms with Crippen LogP contribution in [0.2, 0.25) is 0 Å². The average molecular weight is 337 g/mol. The summed E-state index contributed by atoms with van der Waals surface area (Å²) in [6, 6.07) is 15.6. The first-order valence-corrected chi connectivity index (χ1v) is 7.84. The van der Waals surface area contributed by atoms with Gasteiger partial charge in [-0.2, -0.15) is 0 Å². The fourth-order valence-corrected chi connectivity index (χ4v) is 2.34. The zero-order chi connectivity index (χ0) is 17.6. The Morgan fingerprint density at radius 1 is 0.920 bits per heavy atom. The van der Waals surface area contributed by atoms with E-state index in [9.17, 15) is 0 Å². The molecule has 0 radical (unpaired) electrons. The van der Waals surface area contributed by atoms with Gasteiger partial charge in [-0.25, -0.2) is 9.13 Å². The van der Waals surface area contributed by atoms with E-state index in [2.05, 4.69) is 21.0 Å². The van der Waals surface area contributed by atoms with E-state index >= 15 is 0 Å². The summed E-state index contributed by atoms with van der Waals surface area (Å²) in [6.45, 7) is 0. The molecule has 1 heterocycles. The molecular formula is C18H21N6O+. The normalized spacial score (nSPS) is 11.0. The van der Waals surface area contributed by atoms with Crippen LogP contribution in [-0.2, 0) is 18.9 Å². The Balaban J connectivity index is 1.66. The molecule has 1 aromatic heterocycles. The van der Waals surface area contributed by atoms with Crippen molar-refractivity contribution in [3.63, 3.8) is 0 Å². The lowest BCUT2D eigenvalue weighted by Gasteiger charge is -2.08. The summed E-state index contributed by atoms with van der Waals surface area (Å²) in [7, 11) is 5.46. The lowest BCUT2D eigenvalue weighted by Crippen LogP contribution is -2.25. The van der Waals surface area contributed by atoms with Gasteiger partial charge in [0.05, 0.1) is 39.3 Å². The quantitative estimate of drug-likeness (QED) is 0.406. The highest BCUT2D eigenvalue weighted by atomic mass is 16.6. The number of imidazole rings is 1. The van der Waals surface area contributed by atoms with Gasteiger partial charge in [-0.15, -0.1) is 0 Å². The van der Waals surface area contributed by atoms with Crippen LogP contribution in [0.15, 0.2) is 71.2 Å². The van der Waals surface area contributed by atoms with Crippen molar-refractivity contribution in [2.45, 2.75) is 0 Å². The third-order valence-electron chi connectivity index (χ3n) is 3.66. The maximum Gasteiger partial charge on any atom is 0.421 e. The summed E-state index contributed by atoms with van der Waals surface area (Å²) in [5.74, 6) is 0.784. The van der Waals surface area contributed by atoms with Gasteiger partial charge in [0.2, 0.25) is 0 Å². The number of azo groups is 1. The van der Waals surface area contributed by atoms with Crippen LogP contribution in [0.4, 0.5) is 28.7 Å². The van der Waals surface area contributed by atoms with Gasteiger partial charge in [0, 0.05) is 16.5 Å². The number of aromatic nitrogens is 2. The van der Waals surface area contributed by atoms with Gasteiger partial charge in [0.15, 0.2) is 0 Å². The first kappa shape index (κ1) is 16.7. The molecule has 0 spiro atoms. The molecule has 0 amide bonds. The second kappa shape index (κ2) is 7.59. The first-order chi connectivity index (χ1) is 12.2. The Bertz CT molecular complexity index is 833. The van der Waals surface area contributed by atoms with Crippen LogP contribution >= 0.6 is 0 Å². The lowest BCUT2D eigenvalue weighted by atomic mass is 10.2. The third kappa shape index (κ3) is 4.21. The molecule has 0 aliphatic carbocycles. The molecule has 0 aliphatic heterocycles. The molecule has 0 bridgehead atoms. The molecule has 7 nitrogen and oxygen atoms in total. The van der Waals surface area contributed by atoms with Crippen LogP contribution < -0.4 is 15.4 Å². The largest absolute Gasteiger partial charge is 0.421 e. The SMILES string of the molecule is CONc1ccc(Nc2ccc(N=Nc3n(C)cc[n+]3C)cc2)cc1. The molecule has 0 saturated heterocycles. The Labute approximate surface area is 146 Å². The molecule has 128 valence electrons. The Morgan fingerprint density at radius 3 is 2.08 bits per heavy atom. The van der Waals surface area contributed by atoms with Gasteiger partial charge in [-0.1, -0.05) is 5.11 Å². The summed E-state index contributed by atoms with van der Waals surface area (Å²) in [5.41, 5.74) is 6.46. The number of nitrogens with one attached hydrogen (secondary N) is 2. The minimum absolute atomic E-state index is 0.784. The summed E-state index contributed by atoms with van der Waals surface area (Å²) in [6.07, 6.45) is 3.88. The molecular weight excluding hydrogens is 316 g/mol. The van der Waals surface area contributed by atoms with Gasteiger partial charge in [-0.05, 0) is 48.5 Å². The number of nitrogens with zero attached hydrogens (tertiary/aromatic N) is 4. The molecule has 0 fully saturated rings. The number of hydrogen-bond donors (Lipinski definition) is 2. The van der Waals surface area contributed by atoms with Crippen molar-refractivity contribution in [2.75, 3.05) is 17.9 Å². The number of hydrogen-bond acceptors (Lipinski definition) is 5. The molecule has 0 atom stereocenters. The van der Waals surface area contributed by atoms with E-state index in [-0.39, 0.29) is 0 Å². The van der Waals surface area contributed by atoms with E-state index < -0.39 is 0 Å². The predicted molar refractivity (Wildman–Crippen MR) is 97.6 cm³/mol. The first-order valence-electron chi connectivity index (χ1n) is 7.84. The van der Waals surface area contributed by atoms with Crippen molar-refractivity contribution in [1.82, 2.24) is 4.57 Å². The van der Waals surface area contributed by atoms with Crippen molar-refractivity contribution in [1.29, 1.82) is 0 Å². The van der Waals surface area contributed by atoms with E-state index in [1.807, 2.05) is 84.2 Å². The molecule has 2 aromatic carbocycles. The van der Waals surface area contributed by atoms with E-state index in [0.29, 0.717) is 0 Å². The number of rotatable bonds is 6. The van der Waals surface area contributed by atoms with Gasteiger partial charge in [0.1, 0.15) is 5.69 Å². The smallest absolute Gasteiger partial charge is 0.356 e. The Hall–Kier alpha value is -3.19. The maximum absolute atomic E-state index is 4.87. The fourth-order valence-electron chi connectivity index (χ4n) is 2.34. The minimum atomic E-state index is 0.784. The van der Waals surface area contributed by atoms with Crippen LogP contribution in [0.25, 0.3) is 0 Å². The molecule has 0 aliphatic rings. The van der Waals surface area contributed by atoms with Crippen LogP contribution in [-0.4, -0.2) is 11.7 Å². The fraction of sp³-hybridized carbons (Fsp3) is 0.167. The molecule has 2 N–H and O–H groups in total. The zero-order valence-corrected chi connectivity index (χ0v) is 14.5. The van der Waals surface area contributed by atoms with Crippen LogP contribution in [0.1, 0.15) is 0 Å². The number of anilines is 3. The highest BCUT2D eigenvalue weighted by Gasteiger charge is 2.10. The third-order valence-corrected chi connectivity index (χ3v) is 3.66. The van der Waals surface area contributed by atoms with E-state index in [0.717, 1.165) is 28.7 Å². The van der Waals surface area contributed by atoms with Gasteiger partial charge >= 0.3 is 5.95 Å². The topological polar surface area (TPSA) is 66.8 Å². The lowest BCUT2D eigenvalue weighted by molar-refractivity contribution is -0.657. The monoisotopic (exact) mass is 337 g/mol. The summed E-state index contributed by atoms with van der Waals surface area (Å²) < 4.78 is 3.84. The zero-order valence-electron chi connectivity index (χ0n) is 14.5. The molecule has 3 aromatic rings. The molecule has 25 heavy (non-hydrogen) atoms. The predicted octanol–water partition coefficient (Wildman–Crippen LogP) is 3.98. The standard InChI is InChI=1S/C18H20N6O/c1-23-12-13-24(2)18(23)21-20-16-8-4-14(5-9-16)19-15-6-10-17(11-7-15)22-25-3/h4-13H,1-3H3,(H,20,22)/p+1. The van der Waals surface area contributed by atoms with E-state index in [1.165, 1.54) is 0 Å². The van der Waals surface area contributed by atoms with Crippen molar-refractivity contribution in [2.24, 2.45) is 24.3 Å². The van der Waals surface area contributed by atoms with Crippen LogP contribution in [0.3, 0.4) is 0 Å². The molecule has 3 rings (SSSR count). The molecule has 0 saturated carbocycles. The average Bonchev–Trinajstić information content (AvgIpc) is 2.94. The molecule has 0 unspecified atom stereocenters. The summed E-state index contributed by atoms with van der Waals surface area (Å²) in [4.78, 5) is 4.87. The van der Waals surface area contributed by atoms with Crippen molar-refractivity contribution in [3.05, 3.63) is 60.9 Å². The van der Waals surface area contributed by atoms with Crippen molar-refractivity contribution < 1.29 is 9.40 Å². The Morgan fingerprint density at radius 2 is 1.52 bits per heavy atom. The second-order valence-corrected chi connectivity index (χ2v) is 5.58. The summed E-state index contributed by atoms with van der Waals surface area (Å²) in [5, 5.41) is 11.9. The number of benzene rings is 2. The van der Waals surface area contributed by atoms with Gasteiger partial charge in [-0.3, -0.25) is 10.3 Å². The number of aryl methyl sites for hydroxylation is 2. The molecule has 7 heteroatoms. The highest BCUT2D eigenvalue weighted by molar-refractivity contribution is 5.63. The minimum Gasteiger partial charge on any atom is -0.356 e. The van der Waals surface area contributed by atoms with E-state index in [1.54, 1.807) is 7.11 Å². The Kier molecular flexibility index (Phi) is 5.06. The highest BCUT2D eigenvalue weighted by Crippen LogP contribution is 2.22. The second-order valence-electron chi connectivity index (χ2n) is 5.58. The van der Waals surface area contributed by atoms with Crippen molar-refractivity contribution in [3.8, 4) is 0 Å². The van der Waals surface area contributed by atoms with Gasteiger partial charge < -0.3 is 5.32 Å². The van der Waals surface area contributed by atoms with Gasteiger partial charge in [0.25, 0.3) is 0 Å². The maximum atomic E-state index is 4.87. The van der Waals surface area contributed by atoms with E-state index in [4.69, 9.17) is 4.84 Å².